The first-order chi connectivity index (χ1) is 17.9. The van der Waals surface area contributed by atoms with Crippen molar-refractivity contribution in [1.82, 2.24) is 24.5 Å². The molecule has 0 aliphatic carbocycles. The van der Waals surface area contributed by atoms with Gasteiger partial charge in [0.15, 0.2) is 5.82 Å². The number of rotatable bonds is 11. The van der Waals surface area contributed by atoms with Crippen LogP contribution < -0.4 is 15.4 Å². The lowest BCUT2D eigenvalue weighted by Gasteiger charge is -2.19. The summed E-state index contributed by atoms with van der Waals surface area (Å²) in [5.41, 5.74) is 1.72. The molecule has 2 fully saturated rings. The van der Waals surface area contributed by atoms with Gasteiger partial charge in [0, 0.05) is 13.2 Å². The third-order valence-electron chi connectivity index (χ3n) is 6.02. The SMILES string of the molecule is Cn1cc(Nc2ncc(Cl)c(NC3COC4C(NS(=O)(=O)CCOCc5ccccc5)COC34)n2)cn1. The van der Waals surface area contributed by atoms with E-state index in [0.29, 0.717) is 30.0 Å². The molecule has 0 spiro atoms. The molecule has 3 aromatic rings. The number of fused-ring (bicyclic) bond motifs is 1. The number of nitrogens with one attached hydrogen (secondary N) is 3. The van der Waals surface area contributed by atoms with Gasteiger partial charge in [0.2, 0.25) is 16.0 Å². The fourth-order valence-electron chi connectivity index (χ4n) is 4.27. The topological polar surface area (TPSA) is 142 Å². The monoisotopic (exact) mass is 549 g/mol. The van der Waals surface area contributed by atoms with Crippen molar-refractivity contribution in [3.63, 3.8) is 0 Å². The van der Waals surface area contributed by atoms with Crippen molar-refractivity contribution >= 4 is 39.1 Å². The van der Waals surface area contributed by atoms with Crippen LogP contribution in [0.2, 0.25) is 5.02 Å². The minimum Gasteiger partial charge on any atom is -0.376 e. The summed E-state index contributed by atoms with van der Waals surface area (Å²) >= 11 is 6.32. The van der Waals surface area contributed by atoms with Crippen LogP contribution in [0.5, 0.6) is 0 Å². The van der Waals surface area contributed by atoms with Gasteiger partial charge < -0.3 is 24.8 Å². The number of benzene rings is 1. The lowest BCUT2D eigenvalue weighted by atomic mass is 10.1. The second-order valence-corrected chi connectivity index (χ2v) is 11.1. The molecule has 2 aliphatic rings. The van der Waals surface area contributed by atoms with Crippen LogP contribution in [0.15, 0.2) is 48.9 Å². The highest BCUT2D eigenvalue weighted by atomic mass is 35.5. The minimum absolute atomic E-state index is 0.0819. The predicted molar refractivity (Wildman–Crippen MR) is 137 cm³/mol. The number of hydrogen-bond acceptors (Lipinski definition) is 10. The summed E-state index contributed by atoms with van der Waals surface area (Å²) < 4.78 is 47.0. The first-order valence-corrected chi connectivity index (χ1v) is 13.8. The van der Waals surface area contributed by atoms with Gasteiger partial charge >= 0.3 is 0 Å². The lowest BCUT2D eigenvalue weighted by molar-refractivity contribution is 0.0690. The van der Waals surface area contributed by atoms with Gasteiger partial charge in [0.25, 0.3) is 0 Å². The van der Waals surface area contributed by atoms with E-state index >= 15 is 0 Å². The van der Waals surface area contributed by atoms with Crippen molar-refractivity contribution in [3.05, 3.63) is 59.5 Å². The van der Waals surface area contributed by atoms with Gasteiger partial charge in [-0.2, -0.15) is 10.1 Å². The van der Waals surface area contributed by atoms with Gasteiger partial charge in [-0.1, -0.05) is 41.9 Å². The molecule has 14 heteroatoms. The van der Waals surface area contributed by atoms with Crippen molar-refractivity contribution in [1.29, 1.82) is 0 Å². The molecule has 0 radical (unpaired) electrons. The molecule has 5 rings (SSSR count). The Morgan fingerprint density at radius 2 is 1.89 bits per heavy atom. The first kappa shape index (κ1) is 25.8. The highest BCUT2D eigenvalue weighted by Gasteiger charge is 2.49. The number of anilines is 3. The summed E-state index contributed by atoms with van der Waals surface area (Å²) in [5, 5.41) is 10.8. The third-order valence-corrected chi connectivity index (χ3v) is 7.66. The largest absolute Gasteiger partial charge is 0.376 e. The first-order valence-electron chi connectivity index (χ1n) is 11.8. The molecule has 12 nitrogen and oxygen atoms in total. The average Bonchev–Trinajstić information content (AvgIpc) is 3.58. The van der Waals surface area contributed by atoms with E-state index in [1.54, 1.807) is 17.1 Å². The molecule has 3 N–H and O–H groups in total. The smallest absolute Gasteiger partial charge is 0.229 e. The third kappa shape index (κ3) is 6.55. The maximum absolute atomic E-state index is 12.6. The summed E-state index contributed by atoms with van der Waals surface area (Å²) in [7, 11) is -1.78. The highest BCUT2D eigenvalue weighted by molar-refractivity contribution is 7.89. The number of nitrogens with zero attached hydrogens (tertiary/aromatic N) is 4. The number of aryl methyl sites for hydroxylation is 1. The van der Waals surface area contributed by atoms with Crippen LogP contribution in [-0.4, -0.2) is 78.0 Å². The van der Waals surface area contributed by atoms with Crippen molar-refractivity contribution in [3.8, 4) is 0 Å². The zero-order chi connectivity index (χ0) is 25.8. The maximum atomic E-state index is 12.6. The average molecular weight is 550 g/mol. The molecular formula is C23H28ClN7O5S. The standard InChI is InChI=1S/C23H28ClN7O5S/c1-31-11-16(9-26-31)27-23-25-10-17(24)22(29-23)28-18-13-35-21-19(14-36-20(18)21)30-37(32,33)8-7-34-12-15-5-3-2-4-6-15/h2-6,9-11,18-21,30H,7-8,12-14H2,1H3,(H2,25,27,28,29). The molecule has 198 valence electrons. The second-order valence-electron chi connectivity index (χ2n) is 8.85. The van der Waals surface area contributed by atoms with Gasteiger partial charge in [-0.3, -0.25) is 4.68 Å². The quantitative estimate of drug-likeness (QED) is 0.302. The highest BCUT2D eigenvalue weighted by Crippen LogP contribution is 2.31. The zero-order valence-electron chi connectivity index (χ0n) is 20.1. The summed E-state index contributed by atoms with van der Waals surface area (Å²) in [5.74, 6) is 0.613. The number of ether oxygens (including phenoxy) is 3. The molecule has 4 atom stereocenters. The van der Waals surface area contributed by atoms with Gasteiger partial charge in [-0.15, -0.1) is 0 Å². The molecule has 0 bridgehead atoms. The van der Waals surface area contributed by atoms with E-state index in [9.17, 15) is 8.42 Å². The van der Waals surface area contributed by atoms with E-state index < -0.39 is 22.2 Å². The summed E-state index contributed by atoms with van der Waals surface area (Å²) in [4.78, 5) is 8.66. The van der Waals surface area contributed by atoms with Crippen LogP contribution in [0.3, 0.4) is 0 Å². The molecule has 37 heavy (non-hydrogen) atoms. The fourth-order valence-corrected chi connectivity index (χ4v) is 5.53. The summed E-state index contributed by atoms with van der Waals surface area (Å²) in [6, 6.07) is 8.82. The van der Waals surface area contributed by atoms with E-state index in [1.807, 2.05) is 37.4 Å². The van der Waals surface area contributed by atoms with Gasteiger partial charge in [-0.25, -0.2) is 18.1 Å². The Balaban J connectivity index is 1.13. The number of aromatic nitrogens is 4. The van der Waals surface area contributed by atoms with Crippen LogP contribution in [0.1, 0.15) is 5.56 Å². The number of hydrogen-bond donors (Lipinski definition) is 3. The number of sulfonamides is 1. The van der Waals surface area contributed by atoms with Crippen molar-refractivity contribution in [2.45, 2.75) is 30.9 Å². The van der Waals surface area contributed by atoms with Crippen LogP contribution in [0.25, 0.3) is 0 Å². The Morgan fingerprint density at radius 1 is 1.14 bits per heavy atom. The molecule has 4 unspecified atom stereocenters. The Bertz CT molecular complexity index is 1310. The second kappa shape index (κ2) is 11.3. The minimum atomic E-state index is -3.59. The van der Waals surface area contributed by atoms with Gasteiger partial charge in [0.05, 0.1) is 62.3 Å². The maximum Gasteiger partial charge on any atom is 0.229 e. The summed E-state index contributed by atoms with van der Waals surface area (Å²) in [6.07, 6.45) is 4.14. The van der Waals surface area contributed by atoms with Crippen LogP contribution in [-0.2, 0) is 37.9 Å². The Morgan fingerprint density at radius 3 is 2.65 bits per heavy atom. The van der Waals surface area contributed by atoms with Crippen LogP contribution >= 0.6 is 11.6 Å². The Labute approximate surface area is 219 Å². The Kier molecular flexibility index (Phi) is 7.88. The molecule has 2 aliphatic heterocycles. The molecule has 0 saturated carbocycles. The lowest BCUT2D eigenvalue weighted by Crippen LogP contribution is -2.45. The molecule has 4 heterocycles. The van der Waals surface area contributed by atoms with E-state index in [0.717, 1.165) is 11.3 Å². The van der Waals surface area contributed by atoms with Crippen LogP contribution in [0.4, 0.5) is 17.5 Å². The van der Waals surface area contributed by atoms with E-state index in [4.69, 9.17) is 25.8 Å². The molecule has 1 aromatic carbocycles. The predicted octanol–water partition coefficient (Wildman–Crippen LogP) is 1.69. The number of halogens is 1. The van der Waals surface area contributed by atoms with Crippen molar-refractivity contribution < 1.29 is 22.6 Å². The van der Waals surface area contributed by atoms with E-state index in [2.05, 4.69) is 30.4 Å². The van der Waals surface area contributed by atoms with Crippen LogP contribution in [0, 0.1) is 0 Å². The Hall–Kier alpha value is -2.81. The molecule has 2 saturated heterocycles. The molecule has 2 aromatic heterocycles. The van der Waals surface area contributed by atoms with E-state index in [-0.39, 0.29) is 31.1 Å². The van der Waals surface area contributed by atoms with E-state index in [1.165, 1.54) is 6.20 Å². The molecular weight excluding hydrogens is 522 g/mol. The van der Waals surface area contributed by atoms with Gasteiger partial charge in [-0.05, 0) is 5.56 Å². The zero-order valence-corrected chi connectivity index (χ0v) is 21.7. The molecule has 0 amide bonds. The van der Waals surface area contributed by atoms with Gasteiger partial charge in [0.1, 0.15) is 17.2 Å². The van der Waals surface area contributed by atoms with Crippen molar-refractivity contribution in [2.75, 3.05) is 36.2 Å². The fraction of sp³-hybridized carbons (Fsp3) is 0.435. The van der Waals surface area contributed by atoms with Crippen molar-refractivity contribution in [2.24, 2.45) is 7.05 Å². The normalized spacial score (nSPS) is 23.2. The summed E-state index contributed by atoms with van der Waals surface area (Å²) in [6.45, 7) is 0.941.